The lowest BCUT2D eigenvalue weighted by Crippen LogP contribution is -2.21. The van der Waals surface area contributed by atoms with Gasteiger partial charge in [-0.15, -0.1) is 0 Å². The predicted octanol–water partition coefficient (Wildman–Crippen LogP) is 5.70. The molecule has 0 saturated heterocycles. The third kappa shape index (κ3) is 4.30. The van der Waals surface area contributed by atoms with Crippen molar-refractivity contribution in [2.45, 2.75) is 17.8 Å². The molecule has 2 aromatic heterocycles. The molecule has 0 fully saturated rings. The number of nitrogens with zero attached hydrogens (tertiary/aromatic N) is 4. The fourth-order valence-electron chi connectivity index (χ4n) is 3.61. The third-order valence-corrected chi connectivity index (χ3v) is 6.36. The van der Waals surface area contributed by atoms with E-state index in [0.29, 0.717) is 44.3 Å². The minimum absolute atomic E-state index is 0.171. The van der Waals surface area contributed by atoms with Gasteiger partial charge in [0, 0.05) is 5.02 Å². The van der Waals surface area contributed by atoms with Crippen molar-refractivity contribution in [3.8, 4) is 22.8 Å². The van der Waals surface area contributed by atoms with E-state index in [9.17, 15) is 4.79 Å². The van der Waals surface area contributed by atoms with Crippen LogP contribution in [0.15, 0.2) is 81.2 Å². The summed E-state index contributed by atoms with van der Waals surface area (Å²) in [7, 11) is 1.60. The van der Waals surface area contributed by atoms with E-state index in [1.54, 1.807) is 29.9 Å². The first kappa shape index (κ1) is 22.2. The number of benzene rings is 3. The van der Waals surface area contributed by atoms with Crippen LogP contribution in [0, 0.1) is 6.92 Å². The highest BCUT2D eigenvalue weighted by atomic mass is 35.5. The molecule has 170 valence electrons. The largest absolute Gasteiger partial charge is 0.496 e. The second-order valence-electron chi connectivity index (χ2n) is 7.54. The molecule has 0 unspecified atom stereocenters. The number of para-hydroxylation sites is 1. The normalized spacial score (nSPS) is 11.1. The second kappa shape index (κ2) is 9.32. The average Bonchev–Trinajstić information content (AvgIpc) is 3.31. The number of ether oxygens (including phenoxy) is 1. The lowest BCUT2D eigenvalue weighted by atomic mass is 10.2. The van der Waals surface area contributed by atoms with Gasteiger partial charge in [0.25, 0.3) is 5.56 Å². The molecule has 0 N–H and O–H groups in total. The molecule has 3 aromatic carbocycles. The average molecular weight is 491 g/mol. The Morgan fingerprint density at radius 3 is 2.74 bits per heavy atom. The van der Waals surface area contributed by atoms with Crippen molar-refractivity contribution in [1.29, 1.82) is 0 Å². The summed E-state index contributed by atoms with van der Waals surface area (Å²) in [5.74, 6) is 1.82. The van der Waals surface area contributed by atoms with Crippen LogP contribution in [0.25, 0.3) is 28.0 Å². The molecule has 0 aliphatic rings. The molecule has 0 aliphatic heterocycles. The molecule has 9 heteroatoms. The SMILES string of the molecule is COc1ccccc1-c1noc(CSc2nc3cc(Cl)ccc3c(=O)n2-c2cccc(C)c2)n1. The van der Waals surface area contributed by atoms with Crippen molar-refractivity contribution in [1.82, 2.24) is 19.7 Å². The zero-order valence-electron chi connectivity index (χ0n) is 18.4. The van der Waals surface area contributed by atoms with Crippen LogP contribution in [0.2, 0.25) is 5.02 Å². The number of aromatic nitrogens is 4. The summed E-state index contributed by atoms with van der Waals surface area (Å²) in [6.07, 6.45) is 0. The van der Waals surface area contributed by atoms with Gasteiger partial charge in [0.1, 0.15) is 5.75 Å². The number of aryl methyl sites for hydroxylation is 1. The molecule has 0 atom stereocenters. The van der Waals surface area contributed by atoms with Crippen molar-refractivity contribution in [3.63, 3.8) is 0 Å². The first-order valence-corrected chi connectivity index (χ1v) is 11.8. The maximum absolute atomic E-state index is 13.4. The lowest BCUT2D eigenvalue weighted by molar-refractivity contribution is 0.390. The van der Waals surface area contributed by atoms with E-state index in [2.05, 4.69) is 10.1 Å². The molecule has 5 aromatic rings. The quantitative estimate of drug-likeness (QED) is 0.223. The number of hydrogen-bond acceptors (Lipinski definition) is 7. The number of rotatable bonds is 6. The molecule has 0 aliphatic carbocycles. The minimum atomic E-state index is -0.171. The van der Waals surface area contributed by atoms with Crippen LogP contribution in [0.3, 0.4) is 0 Å². The molecule has 7 nitrogen and oxygen atoms in total. The molecule has 34 heavy (non-hydrogen) atoms. The van der Waals surface area contributed by atoms with Crippen molar-refractivity contribution in [2.75, 3.05) is 7.11 Å². The van der Waals surface area contributed by atoms with Gasteiger partial charge in [-0.1, -0.05) is 52.8 Å². The molecule has 0 saturated carbocycles. The van der Waals surface area contributed by atoms with E-state index in [-0.39, 0.29) is 5.56 Å². The van der Waals surface area contributed by atoms with Crippen LogP contribution in [0.1, 0.15) is 11.5 Å². The van der Waals surface area contributed by atoms with Gasteiger partial charge in [-0.2, -0.15) is 4.98 Å². The van der Waals surface area contributed by atoms with Gasteiger partial charge < -0.3 is 9.26 Å². The molecular weight excluding hydrogens is 472 g/mol. The Labute approximate surface area is 204 Å². The number of halogens is 1. The monoisotopic (exact) mass is 490 g/mol. The third-order valence-electron chi connectivity index (χ3n) is 5.20. The van der Waals surface area contributed by atoms with Crippen molar-refractivity contribution < 1.29 is 9.26 Å². The van der Waals surface area contributed by atoms with Gasteiger partial charge in [0.15, 0.2) is 5.16 Å². The fraction of sp³-hybridized carbons (Fsp3) is 0.120. The van der Waals surface area contributed by atoms with Crippen molar-refractivity contribution in [2.24, 2.45) is 0 Å². The maximum Gasteiger partial charge on any atom is 0.266 e. The standard InChI is InChI=1S/C25H19ClN4O3S/c1-15-6-5-7-17(12-15)30-24(31)18-11-10-16(26)13-20(18)27-25(30)34-14-22-28-23(29-33-22)19-8-3-4-9-21(19)32-2/h3-13H,14H2,1-2H3. The summed E-state index contributed by atoms with van der Waals surface area (Å²) in [6.45, 7) is 1.98. The van der Waals surface area contributed by atoms with Gasteiger partial charge >= 0.3 is 0 Å². The first-order chi connectivity index (χ1) is 16.5. The van der Waals surface area contributed by atoms with E-state index in [1.165, 1.54) is 11.8 Å². The number of hydrogen-bond donors (Lipinski definition) is 0. The van der Waals surface area contributed by atoms with Gasteiger partial charge in [-0.3, -0.25) is 9.36 Å². The highest BCUT2D eigenvalue weighted by molar-refractivity contribution is 7.98. The number of methoxy groups -OCH3 is 1. The van der Waals surface area contributed by atoms with Gasteiger partial charge in [-0.25, -0.2) is 4.98 Å². The smallest absolute Gasteiger partial charge is 0.266 e. The minimum Gasteiger partial charge on any atom is -0.496 e. The highest BCUT2D eigenvalue weighted by Crippen LogP contribution is 2.29. The summed E-state index contributed by atoms with van der Waals surface area (Å²) in [6, 6.07) is 20.3. The Morgan fingerprint density at radius 1 is 1.06 bits per heavy atom. The van der Waals surface area contributed by atoms with Crippen LogP contribution in [0.5, 0.6) is 5.75 Å². The first-order valence-electron chi connectivity index (χ1n) is 10.4. The maximum atomic E-state index is 13.4. The molecule has 0 spiro atoms. The zero-order chi connectivity index (χ0) is 23.7. The zero-order valence-corrected chi connectivity index (χ0v) is 19.9. The van der Waals surface area contributed by atoms with E-state index >= 15 is 0 Å². The Balaban J connectivity index is 1.53. The molecule has 0 amide bonds. The molecule has 0 bridgehead atoms. The van der Waals surface area contributed by atoms with Crippen LogP contribution in [0.4, 0.5) is 0 Å². The van der Waals surface area contributed by atoms with Gasteiger partial charge in [-0.05, 0) is 55.0 Å². The number of thioether (sulfide) groups is 1. The van der Waals surface area contributed by atoms with Crippen LogP contribution in [-0.4, -0.2) is 26.8 Å². The summed E-state index contributed by atoms with van der Waals surface area (Å²) in [4.78, 5) is 22.7. The predicted molar refractivity (Wildman–Crippen MR) is 133 cm³/mol. The van der Waals surface area contributed by atoms with Crippen molar-refractivity contribution in [3.05, 3.63) is 93.6 Å². The van der Waals surface area contributed by atoms with Crippen LogP contribution in [-0.2, 0) is 5.75 Å². The van der Waals surface area contributed by atoms with Gasteiger partial charge in [0.05, 0.1) is 35.0 Å². The van der Waals surface area contributed by atoms with E-state index < -0.39 is 0 Å². The van der Waals surface area contributed by atoms with E-state index in [1.807, 2.05) is 55.5 Å². The topological polar surface area (TPSA) is 83.0 Å². The van der Waals surface area contributed by atoms with E-state index in [0.717, 1.165) is 16.8 Å². The Bertz CT molecular complexity index is 1560. The van der Waals surface area contributed by atoms with Crippen LogP contribution < -0.4 is 10.3 Å². The summed E-state index contributed by atoms with van der Waals surface area (Å²) in [5, 5.41) is 5.60. The Hall–Kier alpha value is -3.62. The summed E-state index contributed by atoms with van der Waals surface area (Å²) < 4.78 is 12.5. The summed E-state index contributed by atoms with van der Waals surface area (Å²) >= 11 is 7.50. The molecule has 0 radical (unpaired) electrons. The van der Waals surface area contributed by atoms with Gasteiger partial charge in [0.2, 0.25) is 11.7 Å². The Kier molecular flexibility index (Phi) is 6.08. The lowest BCUT2D eigenvalue weighted by Gasteiger charge is -2.13. The molecular formula is C25H19ClN4O3S. The molecule has 2 heterocycles. The summed E-state index contributed by atoms with van der Waals surface area (Å²) in [5.41, 5.74) is 2.87. The second-order valence-corrected chi connectivity index (χ2v) is 8.92. The Morgan fingerprint density at radius 2 is 1.91 bits per heavy atom. The fourth-order valence-corrected chi connectivity index (χ4v) is 4.63. The molecule has 5 rings (SSSR count). The van der Waals surface area contributed by atoms with Crippen LogP contribution >= 0.6 is 23.4 Å². The van der Waals surface area contributed by atoms with Crippen molar-refractivity contribution >= 4 is 34.3 Å². The highest BCUT2D eigenvalue weighted by Gasteiger charge is 2.17. The van der Waals surface area contributed by atoms with E-state index in [4.69, 9.17) is 25.8 Å². The number of fused-ring (bicyclic) bond motifs is 1.